The van der Waals surface area contributed by atoms with Crippen LogP contribution >= 0.6 is 0 Å². The molecule has 0 rings (SSSR count). The highest BCUT2D eigenvalue weighted by Crippen LogP contribution is 2.15. The second kappa shape index (κ2) is 6.85. The fourth-order valence-corrected chi connectivity index (χ4v) is 1.29. The average Bonchev–Trinajstić information content (AvgIpc) is 2.17. The minimum absolute atomic E-state index is 0.370. The van der Waals surface area contributed by atoms with Gasteiger partial charge in [-0.1, -0.05) is 0 Å². The molecule has 7 heteroatoms. The number of rotatable bonds is 7. The molecule has 98 valence electrons. The lowest BCUT2D eigenvalue weighted by molar-refractivity contribution is -0.147. The van der Waals surface area contributed by atoms with E-state index >= 15 is 0 Å². The van der Waals surface area contributed by atoms with Crippen molar-refractivity contribution in [1.29, 1.82) is 0 Å². The van der Waals surface area contributed by atoms with Gasteiger partial charge < -0.3 is 21.5 Å². The minimum Gasteiger partial charge on any atom is -0.379 e. The molecule has 0 aromatic carbocycles. The molecule has 0 aromatic rings. The second-order valence-corrected chi connectivity index (χ2v) is 3.66. The first-order valence-corrected chi connectivity index (χ1v) is 5.41. The van der Waals surface area contributed by atoms with Crippen LogP contribution in [0.1, 0.15) is 26.7 Å². The fraction of sp³-hybridized carbons (Fsp3) is 0.700. The lowest BCUT2D eigenvalue weighted by atomic mass is 9.93. The van der Waals surface area contributed by atoms with Crippen LogP contribution in [-0.2, 0) is 14.4 Å². The van der Waals surface area contributed by atoms with E-state index < -0.39 is 36.2 Å². The number of nitrogens with one attached hydrogen (secondary N) is 2. The van der Waals surface area contributed by atoms with E-state index in [0.29, 0.717) is 13.1 Å². The van der Waals surface area contributed by atoms with Crippen LogP contribution in [0.15, 0.2) is 0 Å². The van der Waals surface area contributed by atoms with E-state index in [0.717, 1.165) is 0 Å². The molecule has 0 atom stereocenters. The van der Waals surface area contributed by atoms with E-state index in [2.05, 4.69) is 10.6 Å². The standard InChI is InChI=1S/C10H19N3O4/c1-3-12-7(14)5-10(17,9(11)16)6-8(15)13-4-2/h17H,3-6H2,1-2H3,(H2,11,16)(H,12,14)(H,13,15). The molecule has 5 N–H and O–H groups in total. The number of primary amides is 1. The quantitative estimate of drug-likeness (QED) is 0.425. The third-order valence-corrected chi connectivity index (χ3v) is 2.11. The van der Waals surface area contributed by atoms with Crippen LogP contribution in [0, 0.1) is 0 Å². The number of carbonyl (C=O) groups is 3. The molecular weight excluding hydrogens is 226 g/mol. The molecule has 0 heterocycles. The first-order chi connectivity index (χ1) is 7.85. The highest BCUT2D eigenvalue weighted by molar-refractivity contribution is 5.94. The Morgan fingerprint density at radius 1 is 1.06 bits per heavy atom. The van der Waals surface area contributed by atoms with Gasteiger partial charge in [0.2, 0.25) is 17.7 Å². The molecular formula is C10H19N3O4. The second-order valence-electron chi connectivity index (χ2n) is 3.66. The Bertz CT molecular complexity index is 284. The molecule has 0 saturated heterocycles. The zero-order valence-electron chi connectivity index (χ0n) is 10.1. The summed E-state index contributed by atoms with van der Waals surface area (Å²) in [5, 5.41) is 14.7. The molecule has 7 nitrogen and oxygen atoms in total. The summed E-state index contributed by atoms with van der Waals surface area (Å²) in [4.78, 5) is 33.7. The lowest BCUT2D eigenvalue weighted by Crippen LogP contribution is -2.50. The largest absolute Gasteiger partial charge is 0.379 e. The summed E-state index contributed by atoms with van der Waals surface area (Å²) in [6.07, 6.45) is -1.04. The highest BCUT2D eigenvalue weighted by atomic mass is 16.3. The van der Waals surface area contributed by atoms with E-state index in [1.54, 1.807) is 13.8 Å². The summed E-state index contributed by atoms with van der Waals surface area (Å²) in [5.41, 5.74) is 2.87. The Balaban J connectivity index is 4.62. The van der Waals surface area contributed by atoms with Crippen LogP contribution in [0.4, 0.5) is 0 Å². The zero-order chi connectivity index (χ0) is 13.5. The number of carbonyl (C=O) groups excluding carboxylic acids is 3. The third-order valence-electron chi connectivity index (χ3n) is 2.11. The smallest absolute Gasteiger partial charge is 0.250 e. The molecule has 3 amide bonds. The Morgan fingerprint density at radius 3 is 1.65 bits per heavy atom. The summed E-state index contributed by atoms with van der Waals surface area (Å²) in [5.74, 6) is -2.15. The first-order valence-electron chi connectivity index (χ1n) is 5.41. The Morgan fingerprint density at radius 2 is 1.41 bits per heavy atom. The SMILES string of the molecule is CCNC(=O)CC(O)(CC(=O)NCC)C(N)=O. The van der Waals surface area contributed by atoms with Gasteiger partial charge in [0.05, 0.1) is 12.8 Å². The molecule has 17 heavy (non-hydrogen) atoms. The predicted molar refractivity (Wildman–Crippen MR) is 60.7 cm³/mol. The van der Waals surface area contributed by atoms with Crippen LogP contribution in [0.2, 0.25) is 0 Å². The molecule has 0 bridgehead atoms. The maximum absolute atomic E-state index is 11.3. The van der Waals surface area contributed by atoms with Gasteiger partial charge in [-0.15, -0.1) is 0 Å². The summed E-state index contributed by atoms with van der Waals surface area (Å²) >= 11 is 0. The summed E-state index contributed by atoms with van der Waals surface area (Å²) < 4.78 is 0. The van der Waals surface area contributed by atoms with Gasteiger partial charge >= 0.3 is 0 Å². The Labute approximate surface area is 99.7 Å². The molecule has 0 spiro atoms. The minimum atomic E-state index is -2.14. The number of amides is 3. The van der Waals surface area contributed by atoms with Crippen molar-refractivity contribution in [3.05, 3.63) is 0 Å². The van der Waals surface area contributed by atoms with E-state index in [-0.39, 0.29) is 0 Å². The molecule has 0 aliphatic carbocycles. The van der Waals surface area contributed by atoms with Crippen LogP contribution in [0.5, 0.6) is 0 Å². The van der Waals surface area contributed by atoms with Gasteiger partial charge in [-0.2, -0.15) is 0 Å². The van der Waals surface area contributed by atoms with Gasteiger partial charge in [0.1, 0.15) is 0 Å². The van der Waals surface area contributed by atoms with Crippen molar-refractivity contribution in [3.63, 3.8) is 0 Å². The van der Waals surface area contributed by atoms with Crippen molar-refractivity contribution < 1.29 is 19.5 Å². The van der Waals surface area contributed by atoms with E-state index in [1.807, 2.05) is 0 Å². The summed E-state index contributed by atoms with van der Waals surface area (Å²) in [7, 11) is 0. The van der Waals surface area contributed by atoms with Gasteiger partial charge in [-0.05, 0) is 13.8 Å². The summed E-state index contributed by atoms with van der Waals surface area (Å²) in [6, 6.07) is 0. The fourth-order valence-electron chi connectivity index (χ4n) is 1.29. The Hall–Kier alpha value is -1.63. The topological polar surface area (TPSA) is 122 Å². The van der Waals surface area contributed by atoms with Crippen molar-refractivity contribution in [2.24, 2.45) is 5.73 Å². The van der Waals surface area contributed by atoms with Crippen molar-refractivity contribution >= 4 is 17.7 Å². The van der Waals surface area contributed by atoms with E-state index in [1.165, 1.54) is 0 Å². The first kappa shape index (κ1) is 15.4. The predicted octanol–water partition coefficient (Wildman–Crippen LogP) is -1.74. The average molecular weight is 245 g/mol. The summed E-state index contributed by atoms with van der Waals surface area (Å²) in [6.45, 7) is 4.14. The van der Waals surface area contributed by atoms with Gasteiger partial charge in [0.15, 0.2) is 5.60 Å². The highest BCUT2D eigenvalue weighted by Gasteiger charge is 2.38. The van der Waals surface area contributed by atoms with Gasteiger partial charge in [0, 0.05) is 13.1 Å². The molecule has 0 aliphatic rings. The zero-order valence-corrected chi connectivity index (χ0v) is 10.1. The maximum Gasteiger partial charge on any atom is 0.250 e. The lowest BCUT2D eigenvalue weighted by Gasteiger charge is -2.23. The third kappa shape index (κ3) is 5.30. The molecule has 0 unspecified atom stereocenters. The maximum atomic E-state index is 11.3. The van der Waals surface area contributed by atoms with Crippen molar-refractivity contribution in [2.45, 2.75) is 32.3 Å². The van der Waals surface area contributed by atoms with Crippen LogP contribution < -0.4 is 16.4 Å². The van der Waals surface area contributed by atoms with Crippen molar-refractivity contribution in [1.82, 2.24) is 10.6 Å². The number of hydrogen-bond donors (Lipinski definition) is 4. The monoisotopic (exact) mass is 245 g/mol. The van der Waals surface area contributed by atoms with Crippen LogP contribution in [0.3, 0.4) is 0 Å². The van der Waals surface area contributed by atoms with Gasteiger partial charge in [-0.3, -0.25) is 14.4 Å². The molecule has 0 radical (unpaired) electrons. The molecule has 0 saturated carbocycles. The molecule has 0 fully saturated rings. The van der Waals surface area contributed by atoms with Crippen LogP contribution in [-0.4, -0.2) is 41.5 Å². The van der Waals surface area contributed by atoms with Gasteiger partial charge in [0.25, 0.3) is 0 Å². The molecule has 0 aliphatic heterocycles. The van der Waals surface area contributed by atoms with Crippen LogP contribution in [0.25, 0.3) is 0 Å². The number of nitrogens with two attached hydrogens (primary N) is 1. The number of hydrogen-bond acceptors (Lipinski definition) is 4. The Kier molecular flexibility index (Phi) is 6.19. The van der Waals surface area contributed by atoms with E-state index in [9.17, 15) is 19.5 Å². The number of aliphatic hydroxyl groups is 1. The normalized spacial score (nSPS) is 10.8. The molecule has 0 aromatic heterocycles. The van der Waals surface area contributed by atoms with Gasteiger partial charge in [-0.25, -0.2) is 0 Å². The van der Waals surface area contributed by atoms with E-state index in [4.69, 9.17) is 5.73 Å². The van der Waals surface area contributed by atoms with Crippen molar-refractivity contribution in [2.75, 3.05) is 13.1 Å². The van der Waals surface area contributed by atoms with Crippen molar-refractivity contribution in [3.8, 4) is 0 Å².